The Morgan fingerprint density at radius 3 is 2.94 bits per heavy atom. The molecule has 0 saturated carbocycles. The number of ether oxygens (including phenoxy) is 1. The number of hydrogen-bond donors (Lipinski definition) is 1. The fourth-order valence-corrected chi connectivity index (χ4v) is 3.42. The molecule has 0 radical (unpaired) electrons. The number of benzene rings is 1. The Kier molecular flexibility index (Phi) is 2.83. The number of nitrogens with one attached hydrogen (secondary N) is 1. The van der Waals surface area contributed by atoms with Gasteiger partial charge in [-0.2, -0.15) is 0 Å². The van der Waals surface area contributed by atoms with Crippen LogP contribution in [0.1, 0.15) is 30.4 Å². The van der Waals surface area contributed by atoms with Gasteiger partial charge in [0.15, 0.2) is 0 Å². The van der Waals surface area contributed by atoms with Crippen LogP contribution in [0.25, 0.3) is 0 Å². The van der Waals surface area contributed by atoms with Gasteiger partial charge in [-0.25, -0.2) is 0 Å². The minimum Gasteiger partial charge on any atom is -0.497 e. The Balaban J connectivity index is 1.87. The average Bonchev–Trinajstić information content (AvgIpc) is 2.39. The third-order valence-electron chi connectivity index (χ3n) is 4.46. The van der Waals surface area contributed by atoms with Crippen molar-refractivity contribution in [1.82, 2.24) is 5.32 Å². The fourth-order valence-electron chi connectivity index (χ4n) is 3.42. The summed E-state index contributed by atoms with van der Waals surface area (Å²) in [4.78, 5) is 0. The van der Waals surface area contributed by atoms with E-state index in [2.05, 4.69) is 23.5 Å². The minimum absolute atomic E-state index is 0.525. The second-order valence-electron chi connectivity index (χ2n) is 5.59. The first-order valence-corrected chi connectivity index (χ1v) is 6.68. The largest absolute Gasteiger partial charge is 0.497 e. The van der Waals surface area contributed by atoms with Crippen molar-refractivity contribution in [3.8, 4) is 5.75 Å². The first-order valence-electron chi connectivity index (χ1n) is 6.68. The first kappa shape index (κ1) is 11.1. The average molecular weight is 231 g/mol. The van der Waals surface area contributed by atoms with Crippen LogP contribution in [0.2, 0.25) is 0 Å². The molecule has 1 fully saturated rings. The van der Waals surface area contributed by atoms with Gasteiger partial charge >= 0.3 is 0 Å². The Labute approximate surface area is 103 Å². The molecule has 1 heterocycles. The molecule has 1 atom stereocenters. The summed E-state index contributed by atoms with van der Waals surface area (Å²) < 4.78 is 5.34. The molecular weight excluding hydrogens is 210 g/mol. The van der Waals surface area contributed by atoms with E-state index in [0.717, 1.165) is 5.75 Å². The van der Waals surface area contributed by atoms with Gasteiger partial charge in [-0.3, -0.25) is 0 Å². The maximum absolute atomic E-state index is 5.34. The van der Waals surface area contributed by atoms with Gasteiger partial charge < -0.3 is 10.1 Å². The molecule has 1 saturated heterocycles. The first-order chi connectivity index (χ1) is 8.31. The van der Waals surface area contributed by atoms with E-state index >= 15 is 0 Å². The maximum Gasteiger partial charge on any atom is 0.119 e. The quantitative estimate of drug-likeness (QED) is 0.802. The maximum atomic E-state index is 5.34. The lowest BCUT2D eigenvalue weighted by atomic mass is 9.68. The number of aryl methyl sites for hydroxylation is 1. The van der Waals surface area contributed by atoms with Gasteiger partial charge in [0, 0.05) is 6.54 Å². The van der Waals surface area contributed by atoms with Crippen LogP contribution in [-0.2, 0) is 12.8 Å². The molecular formula is C15H21NO. The van der Waals surface area contributed by atoms with Crippen LogP contribution < -0.4 is 10.1 Å². The van der Waals surface area contributed by atoms with E-state index in [1.54, 1.807) is 7.11 Å². The van der Waals surface area contributed by atoms with Crippen LogP contribution in [0.4, 0.5) is 0 Å². The van der Waals surface area contributed by atoms with Crippen molar-refractivity contribution in [1.29, 1.82) is 0 Å². The van der Waals surface area contributed by atoms with Crippen LogP contribution >= 0.6 is 0 Å². The van der Waals surface area contributed by atoms with Crippen LogP contribution in [0.3, 0.4) is 0 Å². The molecule has 1 aromatic rings. The van der Waals surface area contributed by atoms with Crippen molar-refractivity contribution in [2.24, 2.45) is 5.41 Å². The molecule has 1 aliphatic carbocycles. The minimum atomic E-state index is 0.525. The van der Waals surface area contributed by atoms with E-state index in [4.69, 9.17) is 4.74 Å². The smallest absolute Gasteiger partial charge is 0.119 e. The lowest BCUT2D eigenvalue weighted by molar-refractivity contribution is 0.180. The molecule has 0 aromatic heterocycles. The van der Waals surface area contributed by atoms with Gasteiger partial charge in [0.2, 0.25) is 0 Å². The number of hydrogen-bond acceptors (Lipinski definition) is 2. The van der Waals surface area contributed by atoms with Crippen molar-refractivity contribution < 1.29 is 4.74 Å². The summed E-state index contributed by atoms with van der Waals surface area (Å²) in [6.07, 6.45) is 6.53. The molecule has 1 aromatic carbocycles. The summed E-state index contributed by atoms with van der Waals surface area (Å²) in [5.74, 6) is 1.00. The molecule has 2 nitrogen and oxygen atoms in total. The normalized spacial score (nSPS) is 27.8. The second-order valence-corrected chi connectivity index (χ2v) is 5.59. The third-order valence-corrected chi connectivity index (χ3v) is 4.46. The summed E-state index contributed by atoms with van der Waals surface area (Å²) in [5.41, 5.74) is 3.57. The van der Waals surface area contributed by atoms with Crippen molar-refractivity contribution in [3.05, 3.63) is 29.3 Å². The van der Waals surface area contributed by atoms with E-state index < -0.39 is 0 Å². The second kappa shape index (κ2) is 4.34. The number of piperidine rings is 1. The van der Waals surface area contributed by atoms with Gasteiger partial charge in [0.1, 0.15) is 5.75 Å². The Bertz CT molecular complexity index is 407. The zero-order chi connectivity index (χ0) is 11.7. The lowest BCUT2D eigenvalue weighted by Gasteiger charge is -2.41. The summed E-state index contributed by atoms with van der Waals surface area (Å²) in [7, 11) is 1.75. The summed E-state index contributed by atoms with van der Waals surface area (Å²) in [6, 6.07) is 6.58. The number of fused-ring (bicyclic) bond motifs is 1. The Hall–Kier alpha value is -1.02. The van der Waals surface area contributed by atoms with E-state index in [9.17, 15) is 0 Å². The van der Waals surface area contributed by atoms with Crippen molar-refractivity contribution in [2.75, 3.05) is 20.2 Å². The monoisotopic (exact) mass is 231 g/mol. The molecule has 1 aliphatic heterocycles. The molecule has 2 heteroatoms. The van der Waals surface area contributed by atoms with Crippen LogP contribution in [0.15, 0.2) is 18.2 Å². The van der Waals surface area contributed by atoms with Crippen LogP contribution in [-0.4, -0.2) is 20.2 Å². The van der Waals surface area contributed by atoms with E-state index in [1.165, 1.54) is 56.3 Å². The highest BCUT2D eigenvalue weighted by atomic mass is 16.5. The van der Waals surface area contributed by atoms with E-state index in [-0.39, 0.29) is 0 Å². The molecule has 0 amide bonds. The lowest BCUT2D eigenvalue weighted by Crippen LogP contribution is -2.43. The van der Waals surface area contributed by atoms with E-state index in [0.29, 0.717) is 5.41 Å². The van der Waals surface area contributed by atoms with Gasteiger partial charge in [-0.05, 0) is 67.3 Å². The highest BCUT2D eigenvalue weighted by Crippen LogP contribution is 2.41. The molecule has 3 rings (SSSR count). The van der Waals surface area contributed by atoms with Crippen molar-refractivity contribution >= 4 is 0 Å². The SMILES string of the molecule is COc1ccc2c(c1)CC1(CCCNC1)CC2. The molecule has 17 heavy (non-hydrogen) atoms. The van der Waals surface area contributed by atoms with Gasteiger partial charge in [-0.1, -0.05) is 6.07 Å². The highest BCUT2D eigenvalue weighted by Gasteiger charge is 2.35. The summed E-state index contributed by atoms with van der Waals surface area (Å²) in [6.45, 7) is 2.40. The molecule has 1 spiro atoms. The zero-order valence-electron chi connectivity index (χ0n) is 10.6. The van der Waals surface area contributed by atoms with Gasteiger partial charge in [0.25, 0.3) is 0 Å². The highest BCUT2D eigenvalue weighted by molar-refractivity contribution is 5.38. The van der Waals surface area contributed by atoms with Gasteiger partial charge in [0.05, 0.1) is 7.11 Å². The predicted octanol–water partition coefficient (Wildman–Crippen LogP) is 2.55. The molecule has 92 valence electrons. The third kappa shape index (κ3) is 2.06. The fraction of sp³-hybridized carbons (Fsp3) is 0.600. The predicted molar refractivity (Wildman–Crippen MR) is 69.6 cm³/mol. The van der Waals surface area contributed by atoms with Crippen molar-refractivity contribution in [2.45, 2.75) is 32.1 Å². The Morgan fingerprint density at radius 1 is 1.24 bits per heavy atom. The topological polar surface area (TPSA) is 21.3 Å². The van der Waals surface area contributed by atoms with Crippen LogP contribution in [0, 0.1) is 5.41 Å². The zero-order valence-corrected chi connectivity index (χ0v) is 10.6. The molecule has 2 aliphatic rings. The number of rotatable bonds is 1. The van der Waals surface area contributed by atoms with Gasteiger partial charge in [-0.15, -0.1) is 0 Å². The number of methoxy groups -OCH3 is 1. The Morgan fingerprint density at radius 2 is 2.18 bits per heavy atom. The molecule has 1 N–H and O–H groups in total. The standard InChI is InChI=1S/C15H21NO/c1-17-14-4-3-12-5-7-15(10-13(12)9-14)6-2-8-16-11-15/h3-4,9,16H,2,5-8,10-11H2,1H3. The van der Waals surface area contributed by atoms with Crippen molar-refractivity contribution in [3.63, 3.8) is 0 Å². The summed E-state index contributed by atoms with van der Waals surface area (Å²) in [5, 5.41) is 3.57. The molecule has 1 unspecified atom stereocenters. The summed E-state index contributed by atoms with van der Waals surface area (Å²) >= 11 is 0. The molecule has 0 bridgehead atoms. The van der Waals surface area contributed by atoms with Crippen LogP contribution in [0.5, 0.6) is 5.75 Å². The van der Waals surface area contributed by atoms with E-state index in [1.807, 2.05) is 0 Å².